The Hall–Kier alpha value is -0.250. The van der Waals surface area contributed by atoms with Crippen molar-refractivity contribution in [1.29, 1.82) is 0 Å². The van der Waals surface area contributed by atoms with Gasteiger partial charge in [0.05, 0.1) is 0 Å². The highest BCUT2D eigenvalue weighted by Crippen LogP contribution is 2.48. The summed E-state index contributed by atoms with van der Waals surface area (Å²) < 4.78 is 1.29. The van der Waals surface area contributed by atoms with Gasteiger partial charge in [-0.15, -0.1) is 0 Å². The fourth-order valence-corrected chi connectivity index (χ4v) is 1.96. The Labute approximate surface area is 99.4 Å². The molecule has 0 heterocycles. The summed E-state index contributed by atoms with van der Waals surface area (Å²) >= 11 is 2.33. The maximum atomic E-state index is 3.57. The van der Waals surface area contributed by atoms with Crippen molar-refractivity contribution in [1.82, 2.24) is 0 Å². The quantitative estimate of drug-likeness (QED) is 0.835. The van der Waals surface area contributed by atoms with Gasteiger partial charge in [0.25, 0.3) is 0 Å². The minimum atomic E-state index is 0.545. The van der Waals surface area contributed by atoms with Gasteiger partial charge >= 0.3 is 0 Å². The van der Waals surface area contributed by atoms with Crippen LogP contribution in [0.15, 0.2) is 24.3 Å². The van der Waals surface area contributed by atoms with Gasteiger partial charge in [0, 0.05) is 15.3 Å². The van der Waals surface area contributed by atoms with Crippen molar-refractivity contribution in [3.63, 3.8) is 0 Å². The van der Waals surface area contributed by atoms with Crippen LogP contribution in [0, 0.1) is 8.99 Å². The highest BCUT2D eigenvalue weighted by molar-refractivity contribution is 14.1. The molecule has 0 radical (unpaired) electrons. The van der Waals surface area contributed by atoms with Crippen LogP contribution in [0.4, 0.5) is 5.69 Å². The zero-order valence-electron chi connectivity index (χ0n) is 8.68. The molecule has 1 fully saturated rings. The second kappa shape index (κ2) is 3.72. The van der Waals surface area contributed by atoms with E-state index >= 15 is 0 Å². The van der Waals surface area contributed by atoms with Crippen molar-refractivity contribution < 1.29 is 0 Å². The van der Waals surface area contributed by atoms with E-state index in [4.69, 9.17) is 0 Å². The van der Waals surface area contributed by atoms with Gasteiger partial charge in [0.15, 0.2) is 0 Å². The lowest BCUT2D eigenvalue weighted by atomic mass is 10.0. The summed E-state index contributed by atoms with van der Waals surface area (Å²) in [5.74, 6) is 0. The molecule has 2 heteroatoms. The van der Waals surface area contributed by atoms with Gasteiger partial charge in [-0.05, 0) is 72.0 Å². The van der Waals surface area contributed by atoms with E-state index in [1.54, 1.807) is 0 Å². The fourth-order valence-electron chi connectivity index (χ4n) is 1.60. The summed E-state index contributed by atoms with van der Waals surface area (Å²) in [6, 6.07) is 9.19. The third-order valence-electron chi connectivity index (χ3n) is 3.31. The van der Waals surface area contributed by atoms with Crippen LogP contribution in [-0.4, -0.2) is 6.04 Å². The molecule has 76 valence electrons. The van der Waals surface area contributed by atoms with Crippen LogP contribution in [0.3, 0.4) is 0 Å². The molecule has 1 aromatic rings. The van der Waals surface area contributed by atoms with Crippen molar-refractivity contribution >= 4 is 28.3 Å². The first-order valence-electron chi connectivity index (χ1n) is 5.12. The van der Waals surface area contributed by atoms with E-state index in [2.05, 4.69) is 66.0 Å². The summed E-state index contributed by atoms with van der Waals surface area (Å²) in [7, 11) is 0. The van der Waals surface area contributed by atoms with Gasteiger partial charge in [-0.25, -0.2) is 0 Å². The van der Waals surface area contributed by atoms with E-state index in [-0.39, 0.29) is 0 Å². The second-order valence-corrected chi connectivity index (χ2v) is 5.77. The van der Waals surface area contributed by atoms with E-state index in [0.717, 1.165) is 0 Å². The first kappa shape index (κ1) is 10.3. The van der Waals surface area contributed by atoms with Crippen LogP contribution in [-0.2, 0) is 0 Å². The molecule has 0 spiro atoms. The average Bonchev–Trinajstić information content (AvgIpc) is 2.89. The largest absolute Gasteiger partial charge is 0.382 e. The number of hydrogen-bond acceptors (Lipinski definition) is 1. The molecule has 1 nitrogen and oxygen atoms in total. The number of rotatable bonds is 3. The van der Waals surface area contributed by atoms with E-state index < -0.39 is 0 Å². The van der Waals surface area contributed by atoms with Gasteiger partial charge < -0.3 is 5.32 Å². The number of halogens is 1. The third kappa shape index (κ3) is 2.22. The van der Waals surface area contributed by atoms with Crippen molar-refractivity contribution in [3.8, 4) is 0 Å². The summed E-state index contributed by atoms with van der Waals surface area (Å²) in [6.07, 6.45) is 2.73. The Balaban J connectivity index is 2.00. The SMILES string of the molecule is CC(Nc1ccc(I)cc1)C1(C)CC1. The molecule has 0 bridgehead atoms. The summed E-state index contributed by atoms with van der Waals surface area (Å²) in [4.78, 5) is 0. The average molecular weight is 301 g/mol. The Morgan fingerprint density at radius 2 is 1.86 bits per heavy atom. The molecule has 1 N–H and O–H groups in total. The molecule has 1 atom stereocenters. The van der Waals surface area contributed by atoms with Gasteiger partial charge in [-0.2, -0.15) is 0 Å². The van der Waals surface area contributed by atoms with Crippen LogP contribution in [0.1, 0.15) is 26.7 Å². The van der Waals surface area contributed by atoms with Crippen molar-refractivity contribution in [2.75, 3.05) is 5.32 Å². The molecule has 1 aliphatic carbocycles. The van der Waals surface area contributed by atoms with Gasteiger partial charge in [-0.1, -0.05) is 6.92 Å². The molecule has 1 aromatic carbocycles. The Kier molecular flexibility index (Phi) is 2.73. The van der Waals surface area contributed by atoms with E-state index in [0.29, 0.717) is 11.5 Å². The number of nitrogens with one attached hydrogen (secondary N) is 1. The first-order chi connectivity index (χ1) is 6.60. The Bertz CT molecular complexity index is 314. The van der Waals surface area contributed by atoms with E-state index in [1.165, 1.54) is 22.1 Å². The zero-order valence-corrected chi connectivity index (χ0v) is 10.8. The van der Waals surface area contributed by atoms with Crippen molar-refractivity contribution in [2.45, 2.75) is 32.7 Å². The first-order valence-corrected chi connectivity index (χ1v) is 6.20. The molecule has 0 aromatic heterocycles. The minimum absolute atomic E-state index is 0.545. The Morgan fingerprint density at radius 3 is 2.36 bits per heavy atom. The molecule has 14 heavy (non-hydrogen) atoms. The van der Waals surface area contributed by atoms with Gasteiger partial charge in [-0.3, -0.25) is 0 Å². The minimum Gasteiger partial charge on any atom is -0.382 e. The predicted molar refractivity (Wildman–Crippen MR) is 69.6 cm³/mol. The summed E-state index contributed by atoms with van der Waals surface area (Å²) in [5, 5.41) is 3.57. The molecule has 1 saturated carbocycles. The zero-order chi connectivity index (χ0) is 10.2. The summed E-state index contributed by atoms with van der Waals surface area (Å²) in [5.41, 5.74) is 1.79. The lowest BCUT2D eigenvalue weighted by Gasteiger charge is -2.21. The van der Waals surface area contributed by atoms with Crippen LogP contribution in [0.25, 0.3) is 0 Å². The summed E-state index contributed by atoms with van der Waals surface area (Å²) in [6.45, 7) is 4.64. The monoisotopic (exact) mass is 301 g/mol. The molecule has 0 amide bonds. The topological polar surface area (TPSA) is 12.0 Å². The number of hydrogen-bond donors (Lipinski definition) is 1. The maximum absolute atomic E-state index is 3.57. The van der Waals surface area contributed by atoms with Gasteiger partial charge in [0.1, 0.15) is 0 Å². The van der Waals surface area contributed by atoms with Crippen molar-refractivity contribution in [2.24, 2.45) is 5.41 Å². The maximum Gasteiger partial charge on any atom is 0.0343 e. The second-order valence-electron chi connectivity index (χ2n) is 4.53. The third-order valence-corrected chi connectivity index (χ3v) is 4.03. The molecular weight excluding hydrogens is 285 g/mol. The van der Waals surface area contributed by atoms with E-state index in [1.807, 2.05) is 0 Å². The number of anilines is 1. The Morgan fingerprint density at radius 1 is 1.29 bits per heavy atom. The lowest BCUT2D eigenvalue weighted by Crippen LogP contribution is -2.24. The van der Waals surface area contributed by atoms with Crippen LogP contribution >= 0.6 is 22.6 Å². The highest BCUT2D eigenvalue weighted by atomic mass is 127. The molecular formula is C12H16IN. The number of benzene rings is 1. The molecule has 2 rings (SSSR count). The smallest absolute Gasteiger partial charge is 0.0343 e. The van der Waals surface area contributed by atoms with Gasteiger partial charge in [0.2, 0.25) is 0 Å². The highest BCUT2D eigenvalue weighted by Gasteiger charge is 2.42. The van der Waals surface area contributed by atoms with Crippen LogP contribution in [0.5, 0.6) is 0 Å². The fraction of sp³-hybridized carbons (Fsp3) is 0.500. The van der Waals surface area contributed by atoms with Crippen LogP contribution < -0.4 is 5.32 Å². The molecule has 1 unspecified atom stereocenters. The predicted octanol–water partition coefficient (Wildman–Crippen LogP) is 3.89. The van der Waals surface area contributed by atoms with Crippen LogP contribution in [0.2, 0.25) is 0 Å². The normalized spacial score (nSPS) is 20.2. The molecule has 1 aliphatic rings. The lowest BCUT2D eigenvalue weighted by molar-refractivity contribution is 0.493. The molecule has 0 saturated heterocycles. The van der Waals surface area contributed by atoms with E-state index in [9.17, 15) is 0 Å². The molecule has 0 aliphatic heterocycles. The standard InChI is InChI=1S/C12H16IN/c1-9(12(2)7-8-12)14-11-5-3-10(13)4-6-11/h3-6,9,14H,7-8H2,1-2H3. The van der Waals surface area contributed by atoms with Crippen molar-refractivity contribution in [3.05, 3.63) is 27.8 Å².